The zero-order valence-corrected chi connectivity index (χ0v) is 36.1. The van der Waals surface area contributed by atoms with Gasteiger partial charge in [-0.05, 0) is 87.0 Å². The Hall–Kier alpha value is -3.99. The number of thioether (sulfide) groups is 1. The van der Waals surface area contributed by atoms with Crippen molar-refractivity contribution in [2.24, 2.45) is 0 Å². The lowest BCUT2D eigenvalue weighted by Crippen LogP contribution is -2.49. The van der Waals surface area contributed by atoms with E-state index >= 15 is 8.78 Å². The van der Waals surface area contributed by atoms with Gasteiger partial charge in [-0.25, -0.2) is 28.5 Å². The summed E-state index contributed by atoms with van der Waals surface area (Å²) in [5.74, 6) is 3.13. The van der Waals surface area contributed by atoms with E-state index in [0.29, 0.717) is 73.9 Å². The number of alkyl carbamates (subject to hydrolysis) is 1. The number of benzene rings is 2. The molecule has 1 saturated heterocycles. The number of anilines is 1. The molecule has 1 N–H and O–H groups in total. The number of carbonyl (C=O) groups excluding carboxylic acids is 1. The lowest BCUT2D eigenvalue weighted by molar-refractivity contribution is 0.0498. The van der Waals surface area contributed by atoms with E-state index < -0.39 is 31.4 Å². The van der Waals surface area contributed by atoms with Crippen molar-refractivity contribution in [3.63, 3.8) is 0 Å². The lowest BCUT2D eigenvalue weighted by atomic mass is 9.95. The van der Waals surface area contributed by atoms with Crippen molar-refractivity contribution in [3.05, 3.63) is 47.2 Å². The van der Waals surface area contributed by atoms with Gasteiger partial charge in [0.25, 0.3) is 0 Å². The monoisotopic (exact) mass is 791 g/mol. The van der Waals surface area contributed by atoms with Crippen LogP contribution in [0.2, 0.25) is 16.6 Å². The van der Waals surface area contributed by atoms with Crippen LogP contribution < -0.4 is 15.0 Å². The average Bonchev–Trinajstić information content (AvgIpc) is 3.11. The van der Waals surface area contributed by atoms with E-state index in [-0.39, 0.29) is 29.6 Å². The van der Waals surface area contributed by atoms with Gasteiger partial charge >= 0.3 is 6.09 Å². The second-order valence-corrected chi connectivity index (χ2v) is 22.6. The van der Waals surface area contributed by atoms with Crippen LogP contribution in [-0.4, -0.2) is 74.0 Å². The first-order chi connectivity index (χ1) is 25.9. The molecule has 0 radical (unpaired) electrons. The third-order valence-electron chi connectivity index (χ3n) is 10.5. The van der Waals surface area contributed by atoms with Gasteiger partial charge in [-0.1, -0.05) is 65.3 Å². The van der Waals surface area contributed by atoms with Crippen molar-refractivity contribution in [1.29, 1.82) is 0 Å². The van der Waals surface area contributed by atoms with E-state index in [1.54, 1.807) is 25.1 Å². The Morgan fingerprint density at radius 3 is 2.36 bits per heavy atom. The summed E-state index contributed by atoms with van der Waals surface area (Å²) in [6, 6.07) is 6.32. The number of piperidine rings is 1. The zero-order valence-electron chi connectivity index (χ0n) is 34.2. The smallest absolute Gasteiger partial charge is 0.407 e. The lowest BCUT2D eigenvalue weighted by Gasteiger charge is -2.38. The van der Waals surface area contributed by atoms with Gasteiger partial charge in [0.2, 0.25) is 0 Å². The molecule has 2 aromatic heterocycles. The molecule has 0 aliphatic carbocycles. The van der Waals surface area contributed by atoms with Crippen LogP contribution in [0.25, 0.3) is 32.9 Å². The first-order valence-corrected chi connectivity index (χ1v) is 22.4. The van der Waals surface area contributed by atoms with E-state index in [0.717, 1.165) is 12.8 Å². The number of aromatic nitrogens is 3. The van der Waals surface area contributed by atoms with E-state index in [4.69, 9.17) is 29.2 Å². The van der Waals surface area contributed by atoms with Crippen LogP contribution in [0, 0.1) is 30.0 Å². The summed E-state index contributed by atoms with van der Waals surface area (Å²) < 4.78 is 50.2. The highest BCUT2D eigenvalue weighted by atomic mass is 32.2. The molecular formula is C42H55F2N5O4SSi. The van der Waals surface area contributed by atoms with Crippen LogP contribution in [0.1, 0.15) is 86.4 Å². The molecule has 13 heteroatoms. The highest BCUT2D eigenvalue weighted by Gasteiger charge is 2.42. The first kappa shape index (κ1) is 42.2. The topological polar surface area (TPSA) is 98.7 Å². The number of hydrogen-bond donors (Lipinski definition) is 1. The molecule has 3 heterocycles. The Kier molecular flexibility index (Phi) is 13.0. The second-order valence-electron chi connectivity index (χ2n) is 16.2. The van der Waals surface area contributed by atoms with Gasteiger partial charge in [-0.15, -0.1) is 5.54 Å². The van der Waals surface area contributed by atoms with Gasteiger partial charge < -0.3 is 24.4 Å². The molecule has 0 spiro atoms. The Morgan fingerprint density at radius 1 is 1.05 bits per heavy atom. The molecule has 1 aliphatic rings. The Bertz CT molecular complexity index is 2110. The minimum Gasteiger partial charge on any atom is -0.468 e. The van der Waals surface area contributed by atoms with Crippen LogP contribution in [0.3, 0.4) is 0 Å². The van der Waals surface area contributed by atoms with Crippen LogP contribution >= 0.6 is 11.8 Å². The predicted molar refractivity (Wildman–Crippen MR) is 222 cm³/mol. The number of rotatable bonds is 10. The molecule has 55 heavy (non-hydrogen) atoms. The molecule has 1 fully saturated rings. The number of nitrogens with one attached hydrogen (secondary N) is 1. The molecule has 1 atom stereocenters. The average molecular weight is 792 g/mol. The maximum absolute atomic E-state index is 17.4. The SMILES string of the molecule is COCOc1cc(-c2nc(C)c3c(N4CCC[C@@H](NC(=O)OC(C)(C)C)C4)nc(SC)nc3c2F)c2c(C#C[Si](C(C)C)(C(C)C)C(C)C)c(F)ccc2c1. The molecule has 5 rings (SSSR count). The van der Waals surface area contributed by atoms with Crippen molar-refractivity contribution in [2.45, 2.75) is 116 Å². The number of pyridine rings is 1. The van der Waals surface area contributed by atoms with Crippen LogP contribution in [0.4, 0.5) is 19.4 Å². The number of amides is 1. The number of halogens is 2. The third-order valence-corrected chi connectivity index (χ3v) is 17.3. The molecule has 4 aromatic rings. The van der Waals surface area contributed by atoms with Crippen molar-refractivity contribution in [1.82, 2.24) is 20.3 Å². The summed E-state index contributed by atoms with van der Waals surface area (Å²) in [4.78, 5) is 29.2. The Labute approximate surface area is 329 Å². The third kappa shape index (κ3) is 8.87. The van der Waals surface area contributed by atoms with Gasteiger partial charge in [0, 0.05) is 37.2 Å². The first-order valence-electron chi connectivity index (χ1n) is 19.0. The predicted octanol–water partition coefficient (Wildman–Crippen LogP) is 10.2. The van der Waals surface area contributed by atoms with Gasteiger partial charge in [0.1, 0.15) is 42.3 Å². The van der Waals surface area contributed by atoms with Gasteiger partial charge in [0.15, 0.2) is 17.8 Å². The van der Waals surface area contributed by atoms with Gasteiger partial charge in [0.05, 0.1) is 16.6 Å². The Balaban J connectivity index is 1.74. The number of aryl methyl sites for hydroxylation is 1. The molecule has 1 amide bonds. The minimum absolute atomic E-state index is 0.00594. The summed E-state index contributed by atoms with van der Waals surface area (Å²) in [6.07, 6.45) is 2.89. The number of nitrogens with zero attached hydrogens (tertiary/aromatic N) is 4. The molecule has 0 unspecified atom stereocenters. The normalized spacial score (nSPS) is 15.2. The second kappa shape index (κ2) is 17.0. The molecule has 296 valence electrons. The zero-order chi connectivity index (χ0) is 40.4. The molecule has 0 bridgehead atoms. The minimum atomic E-state index is -2.27. The molecule has 9 nitrogen and oxygen atoms in total. The summed E-state index contributed by atoms with van der Waals surface area (Å²) >= 11 is 1.31. The van der Waals surface area contributed by atoms with Crippen molar-refractivity contribution in [3.8, 4) is 28.5 Å². The molecule has 1 aliphatic heterocycles. The van der Waals surface area contributed by atoms with E-state index in [2.05, 4.69) is 63.2 Å². The number of ether oxygens (including phenoxy) is 3. The fourth-order valence-corrected chi connectivity index (χ4v) is 13.7. The fraction of sp³-hybridized carbons (Fsp3) is 0.524. The van der Waals surface area contributed by atoms with Crippen molar-refractivity contribution < 1.29 is 27.8 Å². The molecule has 2 aromatic carbocycles. The van der Waals surface area contributed by atoms with E-state index in [1.807, 2.05) is 27.0 Å². The van der Waals surface area contributed by atoms with Crippen LogP contribution in [0.5, 0.6) is 5.75 Å². The quantitative estimate of drug-likeness (QED) is 0.0553. The van der Waals surface area contributed by atoms with Gasteiger partial charge in [-0.2, -0.15) is 0 Å². The van der Waals surface area contributed by atoms with E-state index in [1.165, 1.54) is 24.9 Å². The summed E-state index contributed by atoms with van der Waals surface area (Å²) in [5.41, 5.74) is 5.18. The largest absolute Gasteiger partial charge is 0.468 e. The van der Waals surface area contributed by atoms with Gasteiger partial charge in [-0.3, -0.25) is 0 Å². The van der Waals surface area contributed by atoms with Crippen LogP contribution in [0.15, 0.2) is 29.4 Å². The Morgan fingerprint density at radius 2 is 1.75 bits per heavy atom. The van der Waals surface area contributed by atoms with Crippen LogP contribution in [-0.2, 0) is 9.47 Å². The molecule has 0 saturated carbocycles. The number of methoxy groups -OCH3 is 1. The number of hydrogen-bond acceptors (Lipinski definition) is 9. The number of carbonyl (C=O) groups is 1. The number of fused-ring (bicyclic) bond motifs is 2. The molecular weight excluding hydrogens is 737 g/mol. The fourth-order valence-electron chi connectivity index (χ4n) is 8.10. The van der Waals surface area contributed by atoms with E-state index in [9.17, 15) is 4.79 Å². The summed E-state index contributed by atoms with van der Waals surface area (Å²) in [5, 5.41) is 4.93. The van der Waals surface area contributed by atoms with Crippen molar-refractivity contribution in [2.75, 3.05) is 38.1 Å². The summed E-state index contributed by atoms with van der Waals surface area (Å²) in [7, 11) is -0.753. The highest BCUT2D eigenvalue weighted by molar-refractivity contribution is 7.98. The maximum atomic E-state index is 17.4. The van der Waals surface area contributed by atoms with Crippen molar-refractivity contribution >= 4 is 53.4 Å². The maximum Gasteiger partial charge on any atom is 0.407 e. The standard InChI is InChI=1S/C42H55F2N5O4SSi/c1-24(2)55(25(3)4,26(5)6)19-17-31-33(43)16-15-28-20-30(52-23-51-11)21-32(35(28)31)37-36(44)38-34(27(7)45-37)39(48-40(47-38)54-12)49-18-13-14-29(22-49)46-41(50)53-42(8,9)10/h15-16,20-21,24-26,29H,13-14,18,22-23H2,1-12H3,(H,46,50)/t29-/m1/s1. The highest BCUT2D eigenvalue weighted by Crippen LogP contribution is 2.43. The summed E-state index contributed by atoms with van der Waals surface area (Å²) in [6.45, 7) is 21.6.